The summed E-state index contributed by atoms with van der Waals surface area (Å²) in [5.74, 6) is -0.142. The standard InChI is InChI=1S/C15H22N2O2/c1-11-4-6-12(7-5-11)13(16)14(18)17-15(2)8-3-9-19-10-15/h4-7,13H,3,8-10,16H2,1-2H3,(H,17,18). The maximum absolute atomic E-state index is 12.2. The number of nitrogens with one attached hydrogen (secondary N) is 1. The number of aryl methyl sites for hydroxylation is 1. The summed E-state index contributed by atoms with van der Waals surface area (Å²) in [6, 6.07) is 7.11. The zero-order chi connectivity index (χ0) is 13.9. The Morgan fingerprint density at radius 1 is 1.42 bits per heavy atom. The zero-order valence-electron chi connectivity index (χ0n) is 11.6. The molecule has 1 aromatic carbocycles. The molecule has 0 aliphatic carbocycles. The summed E-state index contributed by atoms with van der Waals surface area (Å²) in [6.45, 7) is 5.34. The van der Waals surface area contributed by atoms with Gasteiger partial charge in [0.25, 0.3) is 0 Å². The first-order chi connectivity index (χ1) is 9.00. The van der Waals surface area contributed by atoms with Gasteiger partial charge in [-0.2, -0.15) is 0 Å². The molecule has 1 amide bonds. The zero-order valence-corrected chi connectivity index (χ0v) is 11.6. The second kappa shape index (κ2) is 5.72. The summed E-state index contributed by atoms with van der Waals surface area (Å²) in [4.78, 5) is 12.2. The van der Waals surface area contributed by atoms with Crippen molar-refractivity contribution < 1.29 is 9.53 Å². The van der Waals surface area contributed by atoms with Crippen LogP contribution in [0.3, 0.4) is 0 Å². The fourth-order valence-electron chi connectivity index (χ4n) is 2.33. The molecule has 1 aromatic rings. The quantitative estimate of drug-likeness (QED) is 0.871. The summed E-state index contributed by atoms with van der Waals surface area (Å²) < 4.78 is 5.43. The molecule has 104 valence electrons. The Labute approximate surface area is 114 Å². The van der Waals surface area contributed by atoms with E-state index < -0.39 is 6.04 Å². The van der Waals surface area contributed by atoms with Gasteiger partial charge in [0.15, 0.2) is 0 Å². The van der Waals surface area contributed by atoms with Gasteiger partial charge in [0.05, 0.1) is 12.1 Å². The van der Waals surface area contributed by atoms with Gasteiger partial charge in [-0.05, 0) is 32.3 Å². The van der Waals surface area contributed by atoms with Gasteiger partial charge in [0, 0.05) is 6.61 Å². The van der Waals surface area contributed by atoms with E-state index in [9.17, 15) is 4.79 Å². The summed E-state index contributed by atoms with van der Waals surface area (Å²) >= 11 is 0. The average Bonchev–Trinajstić information content (AvgIpc) is 2.39. The molecule has 19 heavy (non-hydrogen) atoms. The fraction of sp³-hybridized carbons (Fsp3) is 0.533. The number of nitrogens with two attached hydrogens (primary N) is 1. The summed E-state index contributed by atoms with van der Waals surface area (Å²) in [5.41, 5.74) is 7.71. The Kier molecular flexibility index (Phi) is 4.22. The molecule has 0 aromatic heterocycles. The molecule has 1 aliphatic rings. The second-order valence-electron chi connectivity index (χ2n) is 5.59. The first-order valence-corrected chi connectivity index (χ1v) is 6.72. The van der Waals surface area contributed by atoms with Crippen molar-refractivity contribution in [3.63, 3.8) is 0 Å². The highest BCUT2D eigenvalue weighted by molar-refractivity contribution is 5.83. The van der Waals surface area contributed by atoms with Crippen LogP contribution in [0.25, 0.3) is 0 Å². The summed E-state index contributed by atoms with van der Waals surface area (Å²) in [5, 5.41) is 3.02. The van der Waals surface area contributed by atoms with Gasteiger partial charge >= 0.3 is 0 Å². The van der Waals surface area contributed by atoms with E-state index in [4.69, 9.17) is 10.5 Å². The molecule has 2 rings (SSSR count). The number of carbonyl (C=O) groups is 1. The summed E-state index contributed by atoms with van der Waals surface area (Å²) in [6.07, 6.45) is 1.90. The van der Waals surface area contributed by atoms with E-state index in [1.807, 2.05) is 38.1 Å². The van der Waals surface area contributed by atoms with Crippen LogP contribution in [0.4, 0.5) is 0 Å². The Bertz CT molecular complexity index is 436. The maximum Gasteiger partial charge on any atom is 0.242 e. The normalized spacial score (nSPS) is 24.8. The van der Waals surface area contributed by atoms with Crippen molar-refractivity contribution in [2.75, 3.05) is 13.2 Å². The third kappa shape index (κ3) is 3.55. The van der Waals surface area contributed by atoms with E-state index in [1.54, 1.807) is 0 Å². The number of ether oxygens (including phenoxy) is 1. The first kappa shape index (κ1) is 14.0. The van der Waals surface area contributed by atoms with Crippen LogP contribution in [-0.2, 0) is 9.53 Å². The third-order valence-electron chi connectivity index (χ3n) is 3.58. The van der Waals surface area contributed by atoms with E-state index in [1.165, 1.54) is 0 Å². The van der Waals surface area contributed by atoms with Gasteiger partial charge in [-0.1, -0.05) is 29.8 Å². The molecule has 1 heterocycles. The Morgan fingerprint density at radius 2 is 2.11 bits per heavy atom. The molecule has 1 fully saturated rings. The van der Waals surface area contributed by atoms with Crippen LogP contribution < -0.4 is 11.1 Å². The number of hydrogen-bond donors (Lipinski definition) is 2. The predicted molar refractivity (Wildman–Crippen MR) is 74.7 cm³/mol. The van der Waals surface area contributed by atoms with Crippen molar-refractivity contribution in [2.45, 2.75) is 38.3 Å². The van der Waals surface area contributed by atoms with Crippen molar-refractivity contribution in [2.24, 2.45) is 5.73 Å². The average molecular weight is 262 g/mol. The van der Waals surface area contributed by atoms with Crippen LogP contribution in [0.2, 0.25) is 0 Å². The molecular weight excluding hydrogens is 240 g/mol. The molecule has 4 nitrogen and oxygen atoms in total. The molecule has 2 unspecified atom stereocenters. The Hall–Kier alpha value is -1.39. The van der Waals surface area contributed by atoms with Gasteiger partial charge in [-0.3, -0.25) is 4.79 Å². The van der Waals surface area contributed by atoms with E-state index in [0.29, 0.717) is 6.61 Å². The highest BCUT2D eigenvalue weighted by Crippen LogP contribution is 2.20. The predicted octanol–water partition coefficient (Wildman–Crippen LogP) is 1.68. The van der Waals surface area contributed by atoms with Crippen molar-refractivity contribution in [3.05, 3.63) is 35.4 Å². The van der Waals surface area contributed by atoms with E-state index in [2.05, 4.69) is 5.32 Å². The Balaban J connectivity index is 2.00. The molecule has 0 radical (unpaired) electrons. The number of carbonyl (C=O) groups excluding carboxylic acids is 1. The molecule has 3 N–H and O–H groups in total. The number of benzene rings is 1. The molecule has 4 heteroatoms. The smallest absolute Gasteiger partial charge is 0.242 e. The monoisotopic (exact) mass is 262 g/mol. The molecule has 0 saturated carbocycles. The lowest BCUT2D eigenvalue weighted by Gasteiger charge is -2.35. The lowest BCUT2D eigenvalue weighted by Crippen LogP contribution is -2.53. The molecule has 0 bridgehead atoms. The number of hydrogen-bond acceptors (Lipinski definition) is 3. The van der Waals surface area contributed by atoms with Crippen LogP contribution >= 0.6 is 0 Å². The van der Waals surface area contributed by atoms with Crippen LogP contribution in [0.15, 0.2) is 24.3 Å². The van der Waals surface area contributed by atoms with Crippen molar-refractivity contribution in [3.8, 4) is 0 Å². The van der Waals surface area contributed by atoms with E-state index in [-0.39, 0.29) is 11.4 Å². The lowest BCUT2D eigenvalue weighted by molar-refractivity contribution is -0.126. The third-order valence-corrected chi connectivity index (χ3v) is 3.58. The van der Waals surface area contributed by atoms with Gasteiger partial charge in [0.2, 0.25) is 5.91 Å². The largest absolute Gasteiger partial charge is 0.379 e. The first-order valence-electron chi connectivity index (χ1n) is 6.72. The summed E-state index contributed by atoms with van der Waals surface area (Å²) in [7, 11) is 0. The Morgan fingerprint density at radius 3 is 2.68 bits per heavy atom. The van der Waals surface area contributed by atoms with Crippen LogP contribution in [0.1, 0.15) is 36.9 Å². The van der Waals surface area contributed by atoms with Gasteiger partial charge in [-0.15, -0.1) is 0 Å². The highest BCUT2D eigenvalue weighted by atomic mass is 16.5. The number of rotatable bonds is 3. The van der Waals surface area contributed by atoms with E-state index >= 15 is 0 Å². The second-order valence-corrected chi connectivity index (χ2v) is 5.59. The van der Waals surface area contributed by atoms with E-state index in [0.717, 1.165) is 30.6 Å². The highest BCUT2D eigenvalue weighted by Gasteiger charge is 2.31. The SMILES string of the molecule is Cc1ccc(C(N)C(=O)NC2(C)CCCOC2)cc1. The topological polar surface area (TPSA) is 64.4 Å². The minimum atomic E-state index is -0.626. The molecule has 1 aliphatic heterocycles. The fourth-order valence-corrected chi connectivity index (χ4v) is 2.33. The maximum atomic E-state index is 12.2. The van der Waals surface area contributed by atoms with Gasteiger partial charge in [0.1, 0.15) is 6.04 Å². The van der Waals surface area contributed by atoms with Crippen molar-refractivity contribution >= 4 is 5.91 Å². The van der Waals surface area contributed by atoms with Crippen LogP contribution in [0.5, 0.6) is 0 Å². The molecular formula is C15H22N2O2. The van der Waals surface area contributed by atoms with Crippen molar-refractivity contribution in [1.29, 1.82) is 0 Å². The molecule has 0 spiro atoms. The minimum absolute atomic E-state index is 0.142. The van der Waals surface area contributed by atoms with Crippen LogP contribution in [-0.4, -0.2) is 24.7 Å². The van der Waals surface area contributed by atoms with Gasteiger partial charge in [-0.25, -0.2) is 0 Å². The molecule has 2 atom stereocenters. The molecule has 1 saturated heterocycles. The number of amides is 1. The minimum Gasteiger partial charge on any atom is -0.379 e. The van der Waals surface area contributed by atoms with Crippen LogP contribution in [0, 0.1) is 6.92 Å². The van der Waals surface area contributed by atoms with Gasteiger partial charge < -0.3 is 15.8 Å². The van der Waals surface area contributed by atoms with Crippen molar-refractivity contribution in [1.82, 2.24) is 5.32 Å². The lowest BCUT2D eigenvalue weighted by atomic mass is 9.94.